The van der Waals surface area contributed by atoms with Gasteiger partial charge in [0.25, 0.3) is 0 Å². The molecular weight excluding hydrogens is 297 g/mol. The second-order valence-electron chi connectivity index (χ2n) is 4.18. The van der Waals surface area contributed by atoms with Crippen LogP contribution >= 0.6 is 11.3 Å². The number of aromatic nitrogens is 2. The van der Waals surface area contributed by atoms with E-state index in [-0.39, 0.29) is 13.2 Å². The first-order valence-corrected chi connectivity index (χ1v) is 7.85. The average molecular weight is 319 g/mol. The number of fused-ring (bicyclic) bond motifs is 1. The number of nitrogens with two attached hydrogens (primary N) is 1. The minimum atomic E-state index is -0.202. The van der Waals surface area contributed by atoms with E-state index in [1.807, 2.05) is 31.4 Å². The van der Waals surface area contributed by atoms with Crippen LogP contribution in [0.2, 0.25) is 0 Å². The van der Waals surface area contributed by atoms with Crippen molar-refractivity contribution in [3.63, 3.8) is 0 Å². The van der Waals surface area contributed by atoms with E-state index in [4.69, 9.17) is 5.73 Å². The molecule has 0 aliphatic carbocycles. The largest absolute Gasteiger partial charge is 0.330 e. The summed E-state index contributed by atoms with van der Waals surface area (Å²) in [6.07, 6.45) is 2.43. The minimum absolute atomic E-state index is 0. The summed E-state index contributed by atoms with van der Waals surface area (Å²) in [6.45, 7) is 4.55. The molecule has 0 fully saturated rings. The lowest BCUT2D eigenvalue weighted by Crippen LogP contribution is -2.05. The third kappa shape index (κ3) is 3.67. The van der Waals surface area contributed by atoms with Gasteiger partial charge >= 0.3 is 0 Å². The molecule has 5 heteroatoms. The van der Waals surface area contributed by atoms with Gasteiger partial charge in [0, 0.05) is 34.6 Å². The molecule has 0 radical (unpaired) electrons. The van der Waals surface area contributed by atoms with Gasteiger partial charge in [-0.05, 0) is 18.7 Å². The highest BCUT2D eigenvalue weighted by atomic mass is 32.1. The summed E-state index contributed by atoms with van der Waals surface area (Å²) in [7, 11) is 0. The topological polar surface area (TPSA) is 51.8 Å². The number of thiophene rings is 1. The second-order valence-corrected chi connectivity index (χ2v) is 5.06. The Balaban J connectivity index is 0.000000775. The normalized spacial score (nSPS) is 9.82. The maximum Gasteiger partial charge on any atom is 0.160 e. The molecule has 3 nitrogen and oxygen atoms in total. The number of hydrogen-bond donors (Lipinski definition) is 1. The molecule has 118 valence electrons. The maximum absolute atomic E-state index is 13.7. The lowest BCUT2D eigenvalue weighted by Gasteiger charge is -2.02. The Bertz CT molecular complexity index is 725. The quantitative estimate of drug-likeness (QED) is 0.764. The first-order valence-electron chi connectivity index (χ1n) is 6.97. The molecule has 0 amide bonds. The molecule has 0 saturated heterocycles. The number of rotatable bonds is 3. The predicted octanol–water partition coefficient (Wildman–Crippen LogP) is 4.66. The zero-order valence-corrected chi connectivity index (χ0v) is 13.0. The van der Waals surface area contributed by atoms with Crippen molar-refractivity contribution in [3.05, 3.63) is 47.4 Å². The lowest BCUT2D eigenvalue weighted by atomic mass is 10.1. The summed E-state index contributed by atoms with van der Waals surface area (Å²) in [5.74, 6) is 0.426. The predicted molar refractivity (Wildman–Crippen MR) is 93.6 cm³/mol. The van der Waals surface area contributed by atoms with Crippen LogP contribution in [0.15, 0.2) is 35.8 Å². The Morgan fingerprint density at radius 3 is 2.73 bits per heavy atom. The zero-order chi connectivity index (χ0) is 15.2. The Morgan fingerprint density at radius 1 is 1.23 bits per heavy atom. The summed E-state index contributed by atoms with van der Waals surface area (Å²) in [4.78, 5) is 8.75. The monoisotopic (exact) mass is 319 g/mol. The van der Waals surface area contributed by atoms with E-state index in [0.29, 0.717) is 23.5 Å². The fourth-order valence-electron chi connectivity index (χ4n) is 2.01. The van der Waals surface area contributed by atoms with E-state index in [1.54, 1.807) is 12.3 Å². The van der Waals surface area contributed by atoms with E-state index in [9.17, 15) is 4.39 Å². The van der Waals surface area contributed by atoms with E-state index < -0.39 is 0 Å². The van der Waals surface area contributed by atoms with Gasteiger partial charge in [-0.3, -0.25) is 0 Å². The summed E-state index contributed by atoms with van der Waals surface area (Å²) in [5, 5.41) is 2.75. The van der Waals surface area contributed by atoms with Crippen LogP contribution in [0.1, 0.15) is 27.0 Å². The van der Waals surface area contributed by atoms with Gasteiger partial charge in [0.1, 0.15) is 5.82 Å². The van der Waals surface area contributed by atoms with Gasteiger partial charge in [0.05, 0.1) is 4.70 Å². The molecule has 0 saturated carbocycles. The van der Waals surface area contributed by atoms with Crippen molar-refractivity contribution in [2.75, 3.05) is 6.54 Å². The molecule has 0 aliphatic heterocycles. The van der Waals surface area contributed by atoms with E-state index in [0.717, 1.165) is 16.6 Å². The summed E-state index contributed by atoms with van der Waals surface area (Å²) < 4.78 is 14.3. The van der Waals surface area contributed by atoms with Crippen molar-refractivity contribution < 1.29 is 4.39 Å². The average Bonchev–Trinajstić information content (AvgIpc) is 2.95. The standard InChI is InChI=1S/C14H12FN3S.C2H6.CH4/c15-12-3-1-2-10-11(8-19-13(10)12)14-17-7-5-9(18-14)4-6-16;1-2;/h1-3,5,7-8H,4,6,16H2;1-2H3;1H4. The maximum atomic E-state index is 13.7. The molecule has 3 rings (SSSR count). The number of nitrogens with zero attached hydrogens (tertiary/aromatic N) is 2. The van der Waals surface area contributed by atoms with Gasteiger partial charge < -0.3 is 5.73 Å². The van der Waals surface area contributed by atoms with Crippen LogP contribution in [0.4, 0.5) is 4.39 Å². The highest BCUT2D eigenvalue weighted by Crippen LogP contribution is 2.33. The summed E-state index contributed by atoms with van der Waals surface area (Å²) in [5.41, 5.74) is 7.31. The van der Waals surface area contributed by atoms with E-state index in [1.165, 1.54) is 17.4 Å². The molecule has 0 atom stereocenters. The smallest absolute Gasteiger partial charge is 0.160 e. The Morgan fingerprint density at radius 2 is 2.00 bits per heavy atom. The van der Waals surface area contributed by atoms with Crippen LogP contribution < -0.4 is 5.73 Å². The number of hydrogen-bond acceptors (Lipinski definition) is 4. The van der Waals surface area contributed by atoms with Gasteiger partial charge in [-0.1, -0.05) is 33.4 Å². The molecule has 3 aromatic rings. The van der Waals surface area contributed by atoms with Crippen molar-refractivity contribution in [2.24, 2.45) is 5.73 Å². The Kier molecular flexibility index (Phi) is 7.08. The Hall–Kier alpha value is -1.85. The van der Waals surface area contributed by atoms with Crippen LogP contribution in [-0.4, -0.2) is 16.5 Å². The molecule has 2 heterocycles. The van der Waals surface area contributed by atoms with Gasteiger partial charge in [0.15, 0.2) is 5.82 Å². The molecule has 0 spiro atoms. The molecule has 2 N–H and O–H groups in total. The van der Waals surface area contributed by atoms with Crippen molar-refractivity contribution >= 4 is 21.4 Å². The molecule has 0 unspecified atom stereocenters. The fourth-order valence-corrected chi connectivity index (χ4v) is 2.96. The lowest BCUT2D eigenvalue weighted by molar-refractivity contribution is 0.642. The third-order valence-electron chi connectivity index (χ3n) is 2.91. The second kappa shape index (κ2) is 8.56. The molecule has 0 bridgehead atoms. The first-order chi connectivity index (χ1) is 10.3. The van der Waals surface area contributed by atoms with Crippen molar-refractivity contribution in [2.45, 2.75) is 27.7 Å². The van der Waals surface area contributed by atoms with E-state index in [2.05, 4.69) is 9.97 Å². The molecule has 1 aromatic carbocycles. The molecular formula is C17H22FN3S. The van der Waals surface area contributed by atoms with Gasteiger partial charge in [-0.15, -0.1) is 11.3 Å². The van der Waals surface area contributed by atoms with Gasteiger partial charge in [-0.25, -0.2) is 14.4 Å². The summed E-state index contributed by atoms with van der Waals surface area (Å²) >= 11 is 1.37. The molecule has 22 heavy (non-hydrogen) atoms. The van der Waals surface area contributed by atoms with Crippen LogP contribution in [0.5, 0.6) is 0 Å². The number of benzene rings is 1. The van der Waals surface area contributed by atoms with Crippen molar-refractivity contribution in [1.29, 1.82) is 0 Å². The summed E-state index contributed by atoms with van der Waals surface area (Å²) in [6, 6.07) is 6.92. The molecule has 0 aliphatic rings. The highest BCUT2D eigenvalue weighted by Gasteiger charge is 2.11. The van der Waals surface area contributed by atoms with Crippen LogP contribution in [0, 0.1) is 5.82 Å². The van der Waals surface area contributed by atoms with Gasteiger partial charge in [0.2, 0.25) is 0 Å². The minimum Gasteiger partial charge on any atom is -0.330 e. The van der Waals surface area contributed by atoms with E-state index >= 15 is 0 Å². The third-order valence-corrected chi connectivity index (χ3v) is 3.91. The van der Waals surface area contributed by atoms with Crippen LogP contribution in [-0.2, 0) is 6.42 Å². The van der Waals surface area contributed by atoms with Crippen molar-refractivity contribution in [1.82, 2.24) is 9.97 Å². The van der Waals surface area contributed by atoms with Gasteiger partial charge in [-0.2, -0.15) is 0 Å². The molecule has 2 aromatic heterocycles. The zero-order valence-electron chi connectivity index (χ0n) is 12.1. The SMILES string of the molecule is C.CC.NCCc1ccnc(-c2csc3c(F)cccc23)n1. The van der Waals surface area contributed by atoms with Crippen LogP contribution in [0.25, 0.3) is 21.5 Å². The number of halogens is 1. The first kappa shape index (κ1) is 18.2. The fraction of sp³-hybridized carbons (Fsp3) is 0.294. The highest BCUT2D eigenvalue weighted by molar-refractivity contribution is 7.17. The van der Waals surface area contributed by atoms with Crippen molar-refractivity contribution in [3.8, 4) is 11.4 Å². The van der Waals surface area contributed by atoms with Crippen LogP contribution in [0.3, 0.4) is 0 Å². The Labute approximate surface area is 135 Å².